The molecule has 1 aromatic rings. The fraction of sp³-hybridized carbons (Fsp3) is 0.625. The smallest absolute Gasteiger partial charge is 0.189 e. The van der Waals surface area contributed by atoms with E-state index < -0.39 is 17.3 Å². The number of rotatable bonds is 3. The summed E-state index contributed by atoms with van der Waals surface area (Å²) in [4.78, 5) is 0.652. The van der Waals surface area contributed by atoms with Gasteiger partial charge in [0.05, 0.1) is 11.0 Å². The maximum absolute atomic E-state index is 13.3. The highest BCUT2D eigenvalue weighted by molar-refractivity contribution is 7.80. The molecule has 0 bridgehead atoms. The van der Waals surface area contributed by atoms with Gasteiger partial charge in [0.1, 0.15) is 6.17 Å². The largest absolute Gasteiger partial charge is 0.283 e. The Morgan fingerprint density at radius 1 is 1.20 bits per heavy atom. The van der Waals surface area contributed by atoms with Crippen LogP contribution in [0.1, 0.15) is 52.0 Å². The van der Waals surface area contributed by atoms with Gasteiger partial charge in [0.2, 0.25) is 0 Å². The quantitative estimate of drug-likeness (QED) is 0.831. The molecular weight excluding hydrogens is 275 g/mol. The highest BCUT2D eigenvalue weighted by Crippen LogP contribution is 2.27. The molecule has 1 aliphatic carbocycles. The van der Waals surface area contributed by atoms with Crippen molar-refractivity contribution in [1.82, 2.24) is 0 Å². The van der Waals surface area contributed by atoms with Crippen LogP contribution in [-0.4, -0.2) is 16.5 Å². The van der Waals surface area contributed by atoms with E-state index in [1.165, 1.54) is 5.56 Å². The fourth-order valence-corrected chi connectivity index (χ4v) is 3.31. The zero-order chi connectivity index (χ0) is 14.8. The fourth-order valence-electron chi connectivity index (χ4n) is 2.42. The normalized spacial score (nSPS) is 25.4. The number of halogens is 1. The van der Waals surface area contributed by atoms with Crippen molar-refractivity contribution in [2.75, 3.05) is 0 Å². The third-order valence-corrected chi connectivity index (χ3v) is 4.80. The topological polar surface area (TPSA) is 26.3 Å². The molecule has 0 amide bonds. The van der Waals surface area contributed by atoms with Crippen LogP contribution < -0.4 is 0 Å². The molecule has 3 unspecified atom stereocenters. The van der Waals surface area contributed by atoms with Gasteiger partial charge in [-0.05, 0) is 42.4 Å². The maximum Gasteiger partial charge on any atom is 0.189 e. The Hall–Kier alpha value is -0.740. The van der Waals surface area contributed by atoms with Crippen molar-refractivity contribution in [2.24, 2.45) is 0 Å². The first kappa shape index (κ1) is 15.6. The van der Waals surface area contributed by atoms with E-state index in [1.54, 1.807) is 0 Å². The average Bonchev–Trinajstić information content (AvgIpc) is 2.38. The molecule has 0 radical (unpaired) electrons. The number of hydrogen-bond acceptors (Lipinski definition) is 2. The summed E-state index contributed by atoms with van der Waals surface area (Å²) in [6, 6.07) is 7.64. The highest BCUT2D eigenvalue weighted by atomic mass is 32.2. The molecule has 1 aromatic carbocycles. The minimum absolute atomic E-state index is 0.0751. The van der Waals surface area contributed by atoms with Crippen molar-refractivity contribution in [3.63, 3.8) is 0 Å². The molecule has 0 N–H and O–H groups in total. The Bertz CT molecular complexity index is 464. The van der Waals surface area contributed by atoms with E-state index in [0.717, 1.165) is 12.8 Å². The Balaban J connectivity index is 1.99. The standard InChI is InChI=1S/C16H23FO2S/c1-16(2,3)12-7-9-15(10-8-12)20(18)19-14-6-4-5-13(17)11-14/h7-10,13-14H,4-6,11H2,1-3H3. The molecule has 1 saturated carbocycles. The van der Waals surface area contributed by atoms with Crippen LogP contribution in [0.15, 0.2) is 29.2 Å². The molecule has 1 aliphatic rings. The monoisotopic (exact) mass is 298 g/mol. The second-order valence-corrected chi connectivity index (χ2v) is 7.62. The molecule has 112 valence electrons. The van der Waals surface area contributed by atoms with Crippen LogP contribution in [0.25, 0.3) is 0 Å². The second kappa shape index (κ2) is 6.35. The summed E-state index contributed by atoms with van der Waals surface area (Å²) in [7, 11) is 0. The third-order valence-electron chi connectivity index (χ3n) is 3.70. The zero-order valence-corrected chi connectivity index (χ0v) is 13.2. The van der Waals surface area contributed by atoms with Crippen LogP contribution in [0.4, 0.5) is 4.39 Å². The zero-order valence-electron chi connectivity index (χ0n) is 12.4. The average molecular weight is 298 g/mol. The van der Waals surface area contributed by atoms with E-state index in [0.29, 0.717) is 17.7 Å². The lowest BCUT2D eigenvalue weighted by atomic mass is 9.87. The summed E-state index contributed by atoms with van der Waals surface area (Å²) in [6.07, 6.45) is 1.55. The SMILES string of the molecule is CC(C)(C)c1ccc(S(=O)OC2CCCC(F)C2)cc1. The molecule has 2 nitrogen and oxygen atoms in total. The molecule has 20 heavy (non-hydrogen) atoms. The predicted octanol–water partition coefficient (Wildman–Crippen LogP) is 4.30. The van der Waals surface area contributed by atoms with E-state index >= 15 is 0 Å². The summed E-state index contributed by atoms with van der Waals surface area (Å²) < 4.78 is 30.9. The second-order valence-electron chi connectivity index (χ2n) is 6.49. The van der Waals surface area contributed by atoms with Crippen molar-refractivity contribution in [3.8, 4) is 0 Å². The number of hydrogen-bond donors (Lipinski definition) is 0. The van der Waals surface area contributed by atoms with Crippen molar-refractivity contribution in [2.45, 2.75) is 69.0 Å². The molecule has 0 spiro atoms. The first-order valence-corrected chi connectivity index (χ1v) is 8.27. The molecule has 0 aliphatic heterocycles. The van der Waals surface area contributed by atoms with Gasteiger partial charge in [-0.15, -0.1) is 0 Å². The molecule has 3 atom stereocenters. The first-order chi connectivity index (χ1) is 9.36. The Labute approximate surface area is 123 Å². The summed E-state index contributed by atoms with van der Waals surface area (Å²) in [5, 5.41) is 0. The van der Waals surface area contributed by atoms with Gasteiger partial charge in [-0.2, -0.15) is 0 Å². The molecule has 1 fully saturated rings. The van der Waals surface area contributed by atoms with E-state index in [1.807, 2.05) is 24.3 Å². The third kappa shape index (κ3) is 4.13. The van der Waals surface area contributed by atoms with E-state index in [9.17, 15) is 8.60 Å². The van der Waals surface area contributed by atoms with Gasteiger partial charge in [0, 0.05) is 6.42 Å². The summed E-state index contributed by atoms with van der Waals surface area (Å²) >= 11 is -1.50. The molecule has 4 heteroatoms. The van der Waals surface area contributed by atoms with E-state index in [2.05, 4.69) is 20.8 Å². The Morgan fingerprint density at radius 3 is 2.40 bits per heavy atom. The first-order valence-electron chi connectivity index (χ1n) is 7.20. The van der Waals surface area contributed by atoms with Crippen molar-refractivity contribution in [1.29, 1.82) is 0 Å². The molecule has 0 heterocycles. The summed E-state index contributed by atoms with van der Waals surface area (Å²) in [5.41, 5.74) is 1.27. The predicted molar refractivity (Wildman–Crippen MR) is 79.8 cm³/mol. The van der Waals surface area contributed by atoms with Crippen molar-refractivity contribution in [3.05, 3.63) is 29.8 Å². The highest BCUT2D eigenvalue weighted by Gasteiger charge is 2.24. The van der Waals surface area contributed by atoms with Gasteiger partial charge in [0.25, 0.3) is 0 Å². The van der Waals surface area contributed by atoms with Crippen molar-refractivity contribution >= 4 is 11.1 Å². The van der Waals surface area contributed by atoms with Crippen LogP contribution in [0, 0.1) is 0 Å². The molecule has 2 rings (SSSR count). The van der Waals surface area contributed by atoms with Gasteiger partial charge in [0.15, 0.2) is 11.1 Å². The van der Waals surface area contributed by atoms with Gasteiger partial charge in [-0.3, -0.25) is 4.18 Å². The van der Waals surface area contributed by atoms with E-state index in [-0.39, 0.29) is 11.5 Å². The van der Waals surface area contributed by atoms with Gasteiger partial charge >= 0.3 is 0 Å². The van der Waals surface area contributed by atoms with Gasteiger partial charge < -0.3 is 0 Å². The van der Waals surface area contributed by atoms with Crippen LogP contribution in [-0.2, 0) is 20.7 Å². The van der Waals surface area contributed by atoms with Crippen LogP contribution in [0.5, 0.6) is 0 Å². The lowest BCUT2D eigenvalue weighted by molar-refractivity contribution is 0.115. The molecule has 0 aromatic heterocycles. The number of alkyl halides is 1. The Kier molecular flexibility index (Phi) is 4.97. The lowest BCUT2D eigenvalue weighted by Gasteiger charge is -2.24. The summed E-state index contributed by atoms with van der Waals surface area (Å²) in [6.45, 7) is 6.41. The Morgan fingerprint density at radius 2 is 1.85 bits per heavy atom. The minimum Gasteiger partial charge on any atom is -0.283 e. The summed E-state index contributed by atoms with van der Waals surface area (Å²) in [5.74, 6) is 0. The van der Waals surface area contributed by atoms with Crippen molar-refractivity contribution < 1.29 is 12.8 Å². The van der Waals surface area contributed by atoms with Crippen LogP contribution >= 0.6 is 0 Å². The number of benzene rings is 1. The van der Waals surface area contributed by atoms with E-state index in [4.69, 9.17) is 4.18 Å². The molecule has 0 saturated heterocycles. The van der Waals surface area contributed by atoms with Gasteiger partial charge in [-0.1, -0.05) is 32.9 Å². The lowest BCUT2D eigenvalue weighted by Crippen LogP contribution is -2.24. The maximum atomic E-state index is 13.3. The minimum atomic E-state index is -1.50. The van der Waals surface area contributed by atoms with Gasteiger partial charge in [-0.25, -0.2) is 8.60 Å². The van der Waals surface area contributed by atoms with Crippen LogP contribution in [0.3, 0.4) is 0 Å². The molecular formula is C16H23FO2S. The van der Waals surface area contributed by atoms with Crippen LogP contribution in [0.2, 0.25) is 0 Å².